The molecule has 0 amide bonds. The second kappa shape index (κ2) is 5.54. The third kappa shape index (κ3) is 4.40. The third-order valence-electron chi connectivity index (χ3n) is 1.74. The van der Waals surface area contributed by atoms with Crippen LogP contribution in [0.5, 0.6) is 0 Å². The van der Waals surface area contributed by atoms with Gasteiger partial charge in [0.1, 0.15) is 0 Å². The minimum absolute atomic E-state index is 0.0734. The lowest BCUT2D eigenvalue weighted by molar-refractivity contribution is -0.0327. The van der Waals surface area contributed by atoms with E-state index in [0.29, 0.717) is 16.4 Å². The summed E-state index contributed by atoms with van der Waals surface area (Å²) < 4.78 is 35.4. The van der Waals surface area contributed by atoms with E-state index in [9.17, 15) is 13.2 Å². The first kappa shape index (κ1) is 13.3. The zero-order valence-electron chi connectivity index (χ0n) is 8.14. The van der Waals surface area contributed by atoms with E-state index in [2.05, 4.69) is 5.32 Å². The number of nitrogens with two attached hydrogens (primary N) is 1. The molecule has 0 aliphatic heterocycles. The maximum absolute atomic E-state index is 11.8. The number of nitrogen functional groups attached to an aromatic ring is 1. The predicted molar refractivity (Wildman–Crippen MR) is 62.9 cm³/mol. The zero-order valence-corrected chi connectivity index (χ0v) is 9.72. The summed E-state index contributed by atoms with van der Waals surface area (Å²) in [5.74, 6) is -0.0740. The molecule has 0 aromatic heterocycles. The Hall–Kier alpha value is -0.750. The lowest BCUT2D eigenvalue weighted by atomic mass is 10.2. The zero-order chi connectivity index (χ0) is 12.2. The highest BCUT2D eigenvalue weighted by molar-refractivity contribution is 8.00. The summed E-state index contributed by atoms with van der Waals surface area (Å²) in [5, 5.41) is 3.18. The molecule has 0 unspecified atom stereocenters. The van der Waals surface area contributed by atoms with Crippen molar-refractivity contribution in [3.8, 4) is 0 Å². The summed E-state index contributed by atoms with van der Waals surface area (Å²) in [6.07, 6.45) is 0. The molecular formula is C9H10ClF3N2S. The molecule has 0 fully saturated rings. The van der Waals surface area contributed by atoms with Crippen LogP contribution in [0.3, 0.4) is 0 Å². The maximum Gasteiger partial charge on any atom is 0.441 e. The van der Waals surface area contributed by atoms with Gasteiger partial charge in [0.25, 0.3) is 0 Å². The van der Waals surface area contributed by atoms with Crippen LogP contribution in [0.15, 0.2) is 18.2 Å². The molecule has 0 spiro atoms. The van der Waals surface area contributed by atoms with Crippen molar-refractivity contribution >= 4 is 34.7 Å². The smallest absolute Gasteiger partial charge is 0.396 e. The number of rotatable bonds is 4. The Labute approximate surface area is 100 Å². The van der Waals surface area contributed by atoms with Crippen LogP contribution in [0.4, 0.5) is 24.5 Å². The molecule has 1 aromatic rings. The number of anilines is 2. The van der Waals surface area contributed by atoms with Gasteiger partial charge in [0.2, 0.25) is 0 Å². The van der Waals surface area contributed by atoms with Crippen LogP contribution in [0.25, 0.3) is 0 Å². The number of alkyl halides is 3. The standard InChI is InChI=1S/C9H10ClF3N2S/c10-6-2-1-3-7(8(6)14)15-4-5-16-9(11,12)13/h1-3,15H,4-5,14H2. The number of nitrogens with one attached hydrogen (secondary N) is 1. The van der Waals surface area contributed by atoms with Gasteiger partial charge in [-0.15, -0.1) is 0 Å². The van der Waals surface area contributed by atoms with Crippen molar-refractivity contribution < 1.29 is 13.2 Å². The molecule has 0 bridgehead atoms. The van der Waals surface area contributed by atoms with Gasteiger partial charge < -0.3 is 11.1 Å². The molecule has 0 atom stereocenters. The van der Waals surface area contributed by atoms with Crippen LogP contribution in [0, 0.1) is 0 Å². The first-order valence-electron chi connectivity index (χ1n) is 4.38. The SMILES string of the molecule is Nc1c(Cl)cccc1NCCSC(F)(F)F. The lowest BCUT2D eigenvalue weighted by Crippen LogP contribution is -2.10. The number of hydrogen-bond donors (Lipinski definition) is 2. The summed E-state index contributed by atoms with van der Waals surface area (Å²) in [7, 11) is 0. The van der Waals surface area contributed by atoms with Crippen LogP contribution < -0.4 is 11.1 Å². The van der Waals surface area contributed by atoms with Crippen molar-refractivity contribution in [1.29, 1.82) is 0 Å². The van der Waals surface area contributed by atoms with Gasteiger partial charge >= 0.3 is 5.51 Å². The van der Waals surface area contributed by atoms with Crippen LogP contribution >= 0.6 is 23.4 Å². The normalized spacial score (nSPS) is 11.5. The third-order valence-corrected chi connectivity index (χ3v) is 2.80. The average molecular weight is 271 g/mol. The fourth-order valence-electron chi connectivity index (χ4n) is 1.04. The van der Waals surface area contributed by atoms with Gasteiger partial charge in [0, 0.05) is 12.3 Å². The molecule has 0 aliphatic carbocycles. The van der Waals surface area contributed by atoms with Crippen molar-refractivity contribution in [2.75, 3.05) is 23.3 Å². The Morgan fingerprint density at radius 3 is 2.69 bits per heavy atom. The second-order valence-corrected chi connectivity index (χ2v) is 4.49. The molecular weight excluding hydrogens is 261 g/mol. The highest BCUT2D eigenvalue weighted by Crippen LogP contribution is 2.30. The van der Waals surface area contributed by atoms with E-state index < -0.39 is 5.51 Å². The first-order chi connectivity index (χ1) is 7.40. The molecule has 3 N–H and O–H groups in total. The van der Waals surface area contributed by atoms with Crippen molar-refractivity contribution in [3.05, 3.63) is 23.2 Å². The Morgan fingerprint density at radius 2 is 2.06 bits per heavy atom. The van der Waals surface area contributed by atoms with E-state index >= 15 is 0 Å². The molecule has 1 rings (SSSR count). The van der Waals surface area contributed by atoms with E-state index in [1.165, 1.54) is 0 Å². The highest BCUT2D eigenvalue weighted by Gasteiger charge is 2.27. The molecule has 0 saturated heterocycles. The Bertz CT molecular complexity index is 357. The molecule has 0 heterocycles. The summed E-state index contributed by atoms with van der Waals surface area (Å²) in [5.41, 5.74) is 2.33. The van der Waals surface area contributed by atoms with E-state index in [1.54, 1.807) is 18.2 Å². The fraction of sp³-hybridized carbons (Fsp3) is 0.333. The van der Waals surface area contributed by atoms with Crippen molar-refractivity contribution in [3.63, 3.8) is 0 Å². The summed E-state index contributed by atoms with van der Waals surface area (Å²) in [6.45, 7) is 0.175. The minimum atomic E-state index is -4.19. The number of thioether (sulfide) groups is 1. The monoisotopic (exact) mass is 270 g/mol. The van der Waals surface area contributed by atoms with Gasteiger partial charge in [-0.2, -0.15) is 13.2 Å². The molecule has 90 valence electrons. The Kier molecular flexibility index (Phi) is 4.61. The number of para-hydroxylation sites is 1. The maximum atomic E-state index is 11.8. The van der Waals surface area contributed by atoms with Gasteiger partial charge in [-0.1, -0.05) is 17.7 Å². The van der Waals surface area contributed by atoms with Crippen LogP contribution in [0.2, 0.25) is 5.02 Å². The minimum Gasteiger partial charge on any atom is -0.396 e. The van der Waals surface area contributed by atoms with E-state index in [-0.39, 0.29) is 24.1 Å². The fourth-order valence-corrected chi connectivity index (χ4v) is 1.65. The van der Waals surface area contributed by atoms with E-state index in [0.717, 1.165) is 0 Å². The van der Waals surface area contributed by atoms with Gasteiger partial charge in [-0.25, -0.2) is 0 Å². The van der Waals surface area contributed by atoms with Gasteiger partial charge in [0.05, 0.1) is 16.4 Å². The van der Waals surface area contributed by atoms with E-state index in [1.807, 2.05) is 0 Å². The van der Waals surface area contributed by atoms with Crippen LogP contribution in [-0.4, -0.2) is 17.8 Å². The highest BCUT2D eigenvalue weighted by atomic mass is 35.5. The lowest BCUT2D eigenvalue weighted by Gasteiger charge is -2.10. The average Bonchev–Trinajstić information content (AvgIpc) is 2.17. The van der Waals surface area contributed by atoms with Crippen molar-refractivity contribution in [2.45, 2.75) is 5.51 Å². The molecule has 1 aromatic carbocycles. The van der Waals surface area contributed by atoms with Gasteiger partial charge in [-0.05, 0) is 23.9 Å². The van der Waals surface area contributed by atoms with Gasteiger partial charge in [0.15, 0.2) is 0 Å². The Balaban J connectivity index is 2.41. The molecule has 0 radical (unpaired) electrons. The number of halogens is 4. The van der Waals surface area contributed by atoms with Crippen LogP contribution in [0.1, 0.15) is 0 Å². The number of hydrogen-bond acceptors (Lipinski definition) is 3. The second-order valence-electron chi connectivity index (χ2n) is 2.92. The van der Waals surface area contributed by atoms with Crippen LogP contribution in [-0.2, 0) is 0 Å². The molecule has 16 heavy (non-hydrogen) atoms. The molecule has 0 saturated carbocycles. The summed E-state index contributed by atoms with van der Waals surface area (Å²) in [6, 6.07) is 4.96. The topological polar surface area (TPSA) is 38.0 Å². The van der Waals surface area contributed by atoms with Gasteiger partial charge in [-0.3, -0.25) is 0 Å². The van der Waals surface area contributed by atoms with E-state index in [4.69, 9.17) is 17.3 Å². The molecule has 7 heteroatoms. The summed E-state index contributed by atoms with van der Waals surface area (Å²) >= 11 is 5.68. The quantitative estimate of drug-likeness (QED) is 0.649. The molecule has 0 aliphatic rings. The number of benzene rings is 1. The first-order valence-corrected chi connectivity index (χ1v) is 5.75. The van der Waals surface area contributed by atoms with Crippen molar-refractivity contribution in [1.82, 2.24) is 0 Å². The predicted octanol–water partition coefficient (Wildman–Crippen LogP) is 3.59. The summed E-state index contributed by atoms with van der Waals surface area (Å²) in [4.78, 5) is 0. The largest absolute Gasteiger partial charge is 0.441 e. The Morgan fingerprint density at radius 1 is 1.38 bits per heavy atom. The molecule has 2 nitrogen and oxygen atoms in total. The van der Waals surface area contributed by atoms with Crippen molar-refractivity contribution in [2.24, 2.45) is 0 Å².